The van der Waals surface area contributed by atoms with Gasteiger partial charge in [-0.15, -0.1) is 6.42 Å². The second-order valence-electron chi connectivity index (χ2n) is 5.56. The topological polar surface area (TPSA) is 59.8 Å². The van der Waals surface area contributed by atoms with Crippen LogP contribution >= 0.6 is 0 Å². The number of carbonyl (C=O) groups is 1. The number of pyridine rings is 1. The monoisotopic (exact) mass is 284 g/mol. The van der Waals surface area contributed by atoms with Crippen molar-refractivity contribution < 1.29 is 4.79 Å². The van der Waals surface area contributed by atoms with Gasteiger partial charge in [0, 0.05) is 11.7 Å². The molecule has 0 aliphatic heterocycles. The van der Waals surface area contributed by atoms with Gasteiger partial charge in [0.15, 0.2) is 5.65 Å². The molecule has 2 aromatic heterocycles. The maximum atomic E-state index is 12.3. The van der Waals surface area contributed by atoms with E-state index in [1.165, 1.54) is 0 Å². The SMILES string of the molecule is C#CCNC(=O)c1cc(C(C)C)nc2c1cnn2C(C)C. The van der Waals surface area contributed by atoms with Crippen LogP contribution in [0.2, 0.25) is 0 Å². The third-order valence-corrected chi connectivity index (χ3v) is 3.26. The fourth-order valence-corrected chi connectivity index (χ4v) is 2.13. The summed E-state index contributed by atoms with van der Waals surface area (Å²) in [5.41, 5.74) is 2.18. The molecule has 0 spiro atoms. The zero-order valence-electron chi connectivity index (χ0n) is 12.8. The Hall–Kier alpha value is -2.35. The lowest BCUT2D eigenvalue weighted by Gasteiger charge is -2.11. The molecular weight excluding hydrogens is 264 g/mol. The molecule has 0 unspecified atom stereocenters. The van der Waals surface area contributed by atoms with Crippen LogP contribution in [0.5, 0.6) is 0 Å². The smallest absolute Gasteiger partial charge is 0.252 e. The first-order chi connectivity index (χ1) is 9.95. The van der Waals surface area contributed by atoms with E-state index in [9.17, 15) is 4.79 Å². The molecule has 0 aliphatic carbocycles. The van der Waals surface area contributed by atoms with E-state index in [1.807, 2.05) is 38.4 Å². The van der Waals surface area contributed by atoms with Crippen LogP contribution in [-0.4, -0.2) is 27.2 Å². The van der Waals surface area contributed by atoms with Crippen LogP contribution in [0.3, 0.4) is 0 Å². The minimum atomic E-state index is -0.189. The minimum Gasteiger partial charge on any atom is -0.341 e. The molecule has 1 amide bonds. The maximum Gasteiger partial charge on any atom is 0.252 e. The highest BCUT2D eigenvalue weighted by atomic mass is 16.1. The molecule has 0 radical (unpaired) electrons. The number of nitrogens with one attached hydrogen (secondary N) is 1. The van der Waals surface area contributed by atoms with E-state index in [-0.39, 0.29) is 24.4 Å². The fraction of sp³-hybridized carbons (Fsp3) is 0.438. The Bertz CT molecular complexity index is 707. The van der Waals surface area contributed by atoms with Crippen molar-refractivity contribution in [2.45, 2.75) is 39.7 Å². The van der Waals surface area contributed by atoms with E-state index in [0.29, 0.717) is 5.56 Å². The van der Waals surface area contributed by atoms with E-state index in [0.717, 1.165) is 16.7 Å². The number of terminal acetylenes is 1. The van der Waals surface area contributed by atoms with Crippen LogP contribution in [0.25, 0.3) is 11.0 Å². The largest absolute Gasteiger partial charge is 0.341 e. The van der Waals surface area contributed by atoms with Gasteiger partial charge in [-0.2, -0.15) is 5.10 Å². The van der Waals surface area contributed by atoms with Crippen LogP contribution in [0.4, 0.5) is 0 Å². The summed E-state index contributed by atoms with van der Waals surface area (Å²) in [6, 6.07) is 2.00. The van der Waals surface area contributed by atoms with Crippen molar-refractivity contribution in [3.8, 4) is 12.3 Å². The Kier molecular flexibility index (Phi) is 4.27. The third kappa shape index (κ3) is 2.89. The van der Waals surface area contributed by atoms with E-state index in [1.54, 1.807) is 6.20 Å². The van der Waals surface area contributed by atoms with Crippen molar-refractivity contribution in [1.82, 2.24) is 20.1 Å². The number of carbonyl (C=O) groups excluding carboxylic acids is 1. The molecule has 0 atom stereocenters. The van der Waals surface area contributed by atoms with Gasteiger partial charge in [-0.3, -0.25) is 4.79 Å². The Morgan fingerprint density at radius 3 is 2.71 bits per heavy atom. The molecule has 110 valence electrons. The summed E-state index contributed by atoms with van der Waals surface area (Å²) in [6.07, 6.45) is 6.89. The molecule has 0 aromatic carbocycles. The number of nitrogens with zero attached hydrogens (tertiary/aromatic N) is 3. The average Bonchev–Trinajstić information content (AvgIpc) is 2.87. The van der Waals surface area contributed by atoms with Crippen molar-refractivity contribution in [1.29, 1.82) is 0 Å². The highest BCUT2D eigenvalue weighted by molar-refractivity contribution is 6.05. The molecular formula is C16H20N4O. The number of fused-ring (bicyclic) bond motifs is 1. The predicted octanol–water partition coefficient (Wildman–Crippen LogP) is 2.50. The van der Waals surface area contributed by atoms with Crippen LogP contribution in [0.1, 0.15) is 55.7 Å². The van der Waals surface area contributed by atoms with Crippen LogP contribution in [0.15, 0.2) is 12.3 Å². The lowest BCUT2D eigenvalue weighted by atomic mass is 10.0. The molecule has 1 N–H and O–H groups in total. The zero-order valence-corrected chi connectivity index (χ0v) is 12.8. The molecule has 0 saturated heterocycles. The second-order valence-corrected chi connectivity index (χ2v) is 5.56. The van der Waals surface area contributed by atoms with Crippen molar-refractivity contribution >= 4 is 16.9 Å². The maximum absolute atomic E-state index is 12.3. The molecule has 0 saturated carbocycles. The lowest BCUT2D eigenvalue weighted by Crippen LogP contribution is -2.24. The zero-order chi connectivity index (χ0) is 15.6. The van der Waals surface area contributed by atoms with E-state index < -0.39 is 0 Å². The van der Waals surface area contributed by atoms with E-state index >= 15 is 0 Å². The number of hydrogen-bond acceptors (Lipinski definition) is 3. The van der Waals surface area contributed by atoms with Crippen molar-refractivity contribution in [3.05, 3.63) is 23.5 Å². The lowest BCUT2D eigenvalue weighted by molar-refractivity contribution is 0.0960. The quantitative estimate of drug-likeness (QED) is 0.878. The van der Waals surface area contributed by atoms with E-state index in [4.69, 9.17) is 6.42 Å². The first kappa shape index (κ1) is 15.0. The number of hydrogen-bond donors (Lipinski definition) is 1. The number of amides is 1. The Labute approximate surface area is 124 Å². The van der Waals surface area contributed by atoms with Gasteiger partial charge in [-0.1, -0.05) is 19.8 Å². The molecule has 21 heavy (non-hydrogen) atoms. The molecule has 5 nitrogen and oxygen atoms in total. The normalized spacial score (nSPS) is 11.1. The van der Waals surface area contributed by atoms with Crippen molar-refractivity contribution in [2.75, 3.05) is 6.54 Å². The van der Waals surface area contributed by atoms with Gasteiger partial charge in [0.2, 0.25) is 0 Å². The van der Waals surface area contributed by atoms with Crippen LogP contribution < -0.4 is 5.32 Å². The van der Waals surface area contributed by atoms with Gasteiger partial charge in [0.05, 0.1) is 23.7 Å². The molecule has 0 bridgehead atoms. The summed E-state index contributed by atoms with van der Waals surface area (Å²) < 4.78 is 1.83. The summed E-state index contributed by atoms with van der Waals surface area (Å²) in [7, 11) is 0. The van der Waals surface area contributed by atoms with Gasteiger partial charge < -0.3 is 5.32 Å². The summed E-state index contributed by atoms with van der Waals surface area (Å²) in [6.45, 7) is 8.38. The van der Waals surface area contributed by atoms with Crippen LogP contribution in [0, 0.1) is 12.3 Å². The minimum absolute atomic E-state index is 0.180. The number of rotatable bonds is 4. The molecule has 5 heteroatoms. The van der Waals surface area contributed by atoms with E-state index in [2.05, 4.69) is 21.3 Å². The standard InChI is InChI=1S/C16H20N4O/c1-6-7-17-16(21)12-8-14(10(2)3)19-15-13(12)9-18-20(15)11(4)5/h1,8-11H,7H2,2-5H3,(H,17,21). The first-order valence-corrected chi connectivity index (χ1v) is 7.05. The van der Waals surface area contributed by atoms with Gasteiger partial charge in [-0.25, -0.2) is 9.67 Å². The number of aromatic nitrogens is 3. The Morgan fingerprint density at radius 1 is 1.43 bits per heavy atom. The summed E-state index contributed by atoms with van der Waals surface area (Å²) in [5, 5.41) is 7.81. The Balaban J connectivity index is 2.63. The van der Waals surface area contributed by atoms with Gasteiger partial charge in [-0.05, 0) is 25.8 Å². The van der Waals surface area contributed by atoms with Crippen LogP contribution in [-0.2, 0) is 0 Å². The predicted molar refractivity (Wildman–Crippen MR) is 83.2 cm³/mol. The summed E-state index contributed by atoms with van der Waals surface area (Å²) in [5.74, 6) is 2.45. The highest BCUT2D eigenvalue weighted by Crippen LogP contribution is 2.24. The fourth-order valence-electron chi connectivity index (χ4n) is 2.13. The molecule has 0 fully saturated rings. The molecule has 2 heterocycles. The molecule has 2 rings (SSSR count). The molecule has 2 aromatic rings. The molecule has 0 aliphatic rings. The Morgan fingerprint density at radius 2 is 2.14 bits per heavy atom. The third-order valence-electron chi connectivity index (χ3n) is 3.26. The second kappa shape index (κ2) is 5.96. The summed E-state index contributed by atoms with van der Waals surface area (Å²) >= 11 is 0. The first-order valence-electron chi connectivity index (χ1n) is 7.05. The average molecular weight is 284 g/mol. The van der Waals surface area contributed by atoms with Gasteiger partial charge in [0.1, 0.15) is 0 Å². The summed E-state index contributed by atoms with van der Waals surface area (Å²) in [4.78, 5) is 17.0. The van der Waals surface area contributed by atoms with Crippen molar-refractivity contribution in [3.63, 3.8) is 0 Å². The van der Waals surface area contributed by atoms with Crippen molar-refractivity contribution in [2.24, 2.45) is 0 Å². The highest BCUT2D eigenvalue weighted by Gasteiger charge is 2.18. The van der Waals surface area contributed by atoms with Gasteiger partial charge >= 0.3 is 0 Å². The van der Waals surface area contributed by atoms with Gasteiger partial charge in [0.25, 0.3) is 5.91 Å².